The average Bonchev–Trinajstić information content (AvgIpc) is 2.71. The minimum absolute atomic E-state index is 0.0703. The molecule has 0 amide bonds. The lowest BCUT2D eigenvalue weighted by Gasteiger charge is -2.55. The smallest absolute Gasteiger partial charge is 0.211 e. The highest BCUT2D eigenvalue weighted by Gasteiger charge is 2.51. The first-order valence-corrected chi connectivity index (χ1v) is 13.8. The molecule has 32 heavy (non-hydrogen) atoms. The fourth-order valence-electron chi connectivity index (χ4n) is 6.24. The van der Waals surface area contributed by atoms with E-state index in [0.29, 0.717) is 28.4 Å². The molecule has 3 nitrogen and oxygen atoms in total. The second kappa shape index (κ2) is 8.61. The van der Waals surface area contributed by atoms with E-state index in [0.717, 1.165) is 32.1 Å². The molecule has 3 atom stereocenters. The second-order valence-corrected chi connectivity index (χ2v) is 13.2. The Morgan fingerprint density at radius 2 is 1.75 bits per heavy atom. The van der Waals surface area contributed by atoms with Crippen molar-refractivity contribution in [3.63, 3.8) is 0 Å². The standard InChI is InChI=1S/C26H33Cl2NO2S/c1-17(2)18-6-8-23-19(12-18)7-9-24-25(3,10-5-11-26(23,24)4)16-29-32(30,31)22-14-20(27)13-21(28)15-22/h6,8,12-15,17,24,29H,5,7,9-11,16H2,1-4H3/t24-,25-,26+/m0/s1. The van der Waals surface area contributed by atoms with Crippen molar-refractivity contribution >= 4 is 33.2 Å². The van der Waals surface area contributed by atoms with Gasteiger partial charge in [-0.2, -0.15) is 0 Å². The van der Waals surface area contributed by atoms with E-state index in [9.17, 15) is 8.42 Å². The molecule has 0 heterocycles. The van der Waals surface area contributed by atoms with Crippen LogP contribution in [0.2, 0.25) is 10.0 Å². The Morgan fingerprint density at radius 3 is 2.41 bits per heavy atom. The molecular formula is C26H33Cl2NO2S. The van der Waals surface area contributed by atoms with E-state index in [1.807, 2.05) is 0 Å². The first-order valence-electron chi connectivity index (χ1n) is 11.5. The minimum atomic E-state index is -3.69. The molecule has 2 aromatic rings. The van der Waals surface area contributed by atoms with Gasteiger partial charge in [0, 0.05) is 16.6 Å². The van der Waals surface area contributed by atoms with Gasteiger partial charge in [0.25, 0.3) is 0 Å². The quantitative estimate of drug-likeness (QED) is 0.482. The first-order chi connectivity index (χ1) is 14.9. The van der Waals surface area contributed by atoms with Gasteiger partial charge in [0.05, 0.1) is 4.90 Å². The van der Waals surface area contributed by atoms with Crippen molar-refractivity contribution in [2.75, 3.05) is 6.54 Å². The molecule has 2 aliphatic rings. The van der Waals surface area contributed by atoms with Gasteiger partial charge in [-0.05, 0) is 83.2 Å². The fourth-order valence-corrected chi connectivity index (χ4v) is 8.15. The van der Waals surface area contributed by atoms with Crippen LogP contribution in [0.5, 0.6) is 0 Å². The van der Waals surface area contributed by atoms with E-state index >= 15 is 0 Å². The summed E-state index contributed by atoms with van der Waals surface area (Å²) in [7, 11) is -3.69. The van der Waals surface area contributed by atoms with Gasteiger partial charge in [0.15, 0.2) is 0 Å². The molecule has 1 saturated carbocycles. The molecule has 6 heteroatoms. The van der Waals surface area contributed by atoms with Crippen molar-refractivity contribution < 1.29 is 8.42 Å². The maximum atomic E-state index is 13.0. The average molecular weight is 495 g/mol. The van der Waals surface area contributed by atoms with E-state index in [4.69, 9.17) is 23.2 Å². The van der Waals surface area contributed by atoms with E-state index in [1.54, 1.807) is 6.07 Å². The SMILES string of the molecule is CC(C)c1ccc2c(c1)CC[C@H]1[C@](C)(CNS(=O)(=O)c3cc(Cl)cc(Cl)c3)CCC[C@]21C. The van der Waals surface area contributed by atoms with Crippen molar-refractivity contribution in [2.24, 2.45) is 11.3 Å². The highest BCUT2D eigenvalue weighted by Crippen LogP contribution is 2.57. The predicted octanol–water partition coefficient (Wildman–Crippen LogP) is 7.11. The van der Waals surface area contributed by atoms with Crippen LogP contribution in [0.3, 0.4) is 0 Å². The molecule has 174 valence electrons. The summed E-state index contributed by atoms with van der Waals surface area (Å²) >= 11 is 12.1. The number of fused-ring (bicyclic) bond motifs is 3. The van der Waals surface area contributed by atoms with Gasteiger partial charge in [-0.25, -0.2) is 13.1 Å². The Bertz CT molecular complexity index is 1110. The summed E-state index contributed by atoms with van der Waals surface area (Å²) in [5.41, 5.74) is 4.30. The third kappa shape index (κ3) is 4.36. The summed E-state index contributed by atoms with van der Waals surface area (Å²) < 4.78 is 29.0. The number of aryl methyl sites for hydroxylation is 1. The maximum absolute atomic E-state index is 13.0. The van der Waals surface area contributed by atoms with E-state index in [2.05, 4.69) is 50.6 Å². The van der Waals surface area contributed by atoms with Crippen LogP contribution >= 0.6 is 23.2 Å². The van der Waals surface area contributed by atoms with Crippen LogP contribution in [-0.4, -0.2) is 15.0 Å². The zero-order chi connectivity index (χ0) is 23.3. The lowest BCUT2D eigenvalue weighted by molar-refractivity contribution is 0.0299. The molecule has 0 spiro atoms. The van der Waals surface area contributed by atoms with Crippen LogP contribution in [0.25, 0.3) is 0 Å². The van der Waals surface area contributed by atoms with Gasteiger partial charge in [0.1, 0.15) is 0 Å². The molecule has 0 unspecified atom stereocenters. The number of hydrogen-bond donors (Lipinski definition) is 1. The summed E-state index contributed by atoms with van der Waals surface area (Å²) in [4.78, 5) is 0.118. The number of hydrogen-bond acceptors (Lipinski definition) is 2. The summed E-state index contributed by atoms with van der Waals surface area (Å²) in [5.74, 6) is 0.948. The van der Waals surface area contributed by atoms with Crippen molar-refractivity contribution in [3.05, 3.63) is 63.1 Å². The van der Waals surface area contributed by atoms with Crippen molar-refractivity contribution in [3.8, 4) is 0 Å². The molecule has 0 bridgehead atoms. The summed E-state index contributed by atoms with van der Waals surface area (Å²) in [6, 6.07) is 11.5. The van der Waals surface area contributed by atoms with Gasteiger partial charge in [0.2, 0.25) is 10.0 Å². The molecule has 0 aliphatic heterocycles. The Labute approximate surface area is 203 Å². The predicted molar refractivity (Wildman–Crippen MR) is 133 cm³/mol. The monoisotopic (exact) mass is 493 g/mol. The van der Waals surface area contributed by atoms with Crippen LogP contribution in [0.1, 0.15) is 76.0 Å². The summed E-state index contributed by atoms with van der Waals surface area (Å²) in [6.45, 7) is 9.56. The molecule has 1 N–H and O–H groups in total. The fraction of sp³-hybridized carbons (Fsp3) is 0.538. The maximum Gasteiger partial charge on any atom is 0.240 e. The number of benzene rings is 2. The molecule has 2 aromatic carbocycles. The largest absolute Gasteiger partial charge is 0.240 e. The van der Waals surface area contributed by atoms with Crippen LogP contribution in [0, 0.1) is 11.3 Å². The normalized spacial score (nSPS) is 27.8. The number of nitrogens with one attached hydrogen (secondary N) is 1. The highest BCUT2D eigenvalue weighted by atomic mass is 35.5. The van der Waals surface area contributed by atoms with Crippen LogP contribution in [-0.2, 0) is 21.9 Å². The first kappa shape index (κ1) is 24.1. The molecule has 0 saturated heterocycles. The van der Waals surface area contributed by atoms with Crippen molar-refractivity contribution in [1.29, 1.82) is 0 Å². The molecule has 2 aliphatic carbocycles. The van der Waals surface area contributed by atoms with E-state index in [1.165, 1.54) is 28.8 Å². The van der Waals surface area contributed by atoms with E-state index in [-0.39, 0.29) is 15.7 Å². The van der Waals surface area contributed by atoms with Gasteiger partial charge < -0.3 is 0 Å². The second-order valence-electron chi connectivity index (χ2n) is 10.5. The van der Waals surface area contributed by atoms with Gasteiger partial charge >= 0.3 is 0 Å². The van der Waals surface area contributed by atoms with Crippen molar-refractivity contribution in [2.45, 2.75) is 76.0 Å². The van der Waals surface area contributed by atoms with Crippen LogP contribution in [0.15, 0.2) is 41.3 Å². The molecular weight excluding hydrogens is 461 g/mol. The number of rotatable bonds is 5. The van der Waals surface area contributed by atoms with Crippen molar-refractivity contribution in [1.82, 2.24) is 4.72 Å². The Balaban J connectivity index is 1.60. The van der Waals surface area contributed by atoms with Gasteiger partial charge in [-0.3, -0.25) is 0 Å². The molecule has 0 radical (unpaired) electrons. The highest BCUT2D eigenvalue weighted by molar-refractivity contribution is 7.89. The Hall–Kier alpha value is -1.07. The van der Waals surface area contributed by atoms with Crippen LogP contribution < -0.4 is 4.72 Å². The third-order valence-electron chi connectivity index (χ3n) is 7.98. The Kier molecular flexibility index (Phi) is 6.48. The summed E-state index contributed by atoms with van der Waals surface area (Å²) in [5, 5.41) is 0.637. The summed E-state index contributed by atoms with van der Waals surface area (Å²) in [6.07, 6.45) is 5.41. The van der Waals surface area contributed by atoms with Gasteiger partial charge in [-0.1, -0.05) is 75.5 Å². The zero-order valence-corrected chi connectivity index (χ0v) is 21.7. The van der Waals surface area contributed by atoms with Gasteiger partial charge in [-0.15, -0.1) is 0 Å². The Morgan fingerprint density at radius 1 is 1.06 bits per heavy atom. The lowest BCUT2D eigenvalue weighted by Crippen LogP contribution is -2.53. The molecule has 0 aromatic heterocycles. The minimum Gasteiger partial charge on any atom is -0.211 e. The molecule has 4 rings (SSSR count). The van der Waals surface area contributed by atoms with Crippen LogP contribution in [0.4, 0.5) is 0 Å². The number of sulfonamides is 1. The topological polar surface area (TPSA) is 46.2 Å². The third-order valence-corrected chi connectivity index (χ3v) is 9.80. The number of halogens is 2. The lowest BCUT2D eigenvalue weighted by atomic mass is 9.50. The zero-order valence-electron chi connectivity index (χ0n) is 19.3. The molecule has 1 fully saturated rings. The van der Waals surface area contributed by atoms with E-state index < -0.39 is 10.0 Å².